The molecule has 0 saturated heterocycles. The van der Waals surface area contributed by atoms with Gasteiger partial charge in [-0.2, -0.15) is 0 Å². The highest BCUT2D eigenvalue weighted by Gasteiger charge is 2.20. The Morgan fingerprint density at radius 1 is 0.947 bits per heavy atom. The van der Waals surface area contributed by atoms with E-state index in [1.165, 1.54) is 5.56 Å². The van der Waals surface area contributed by atoms with Crippen LogP contribution < -0.4 is 5.69 Å². The van der Waals surface area contributed by atoms with Crippen LogP contribution in [-0.4, -0.2) is 34.7 Å². The second-order valence-electron chi connectivity index (χ2n) is 9.57. The minimum Gasteiger partial charge on any atom is -0.289 e. The number of aromatic amines is 1. The molecule has 5 aromatic rings. The van der Waals surface area contributed by atoms with Gasteiger partial charge in [-0.05, 0) is 65.9 Å². The highest BCUT2D eigenvalue weighted by Crippen LogP contribution is 2.29. The van der Waals surface area contributed by atoms with Gasteiger partial charge in [0.1, 0.15) is 0 Å². The SMILES string of the molecule is CCCCc1cn(-c2ccccc2CCC)c(=O)n1C(C)c1ccc(-c2ncccc2-c2nnn[nH]2)cc1. The smallest absolute Gasteiger partial charge is 0.289 e. The van der Waals surface area contributed by atoms with Crippen molar-refractivity contribution in [2.75, 3.05) is 0 Å². The minimum atomic E-state index is -0.121. The topological polar surface area (TPSA) is 94.3 Å². The Morgan fingerprint density at radius 2 is 1.76 bits per heavy atom. The molecule has 0 aliphatic heterocycles. The predicted octanol–water partition coefficient (Wildman–Crippen LogP) is 5.79. The van der Waals surface area contributed by atoms with E-state index in [0.29, 0.717) is 5.82 Å². The lowest BCUT2D eigenvalue weighted by Gasteiger charge is -2.17. The summed E-state index contributed by atoms with van der Waals surface area (Å²) in [6.07, 6.45) is 8.74. The third-order valence-electron chi connectivity index (χ3n) is 7.02. The molecule has 0 saturated carbocycles. The van der Waals surface area contributed by atoms with Crippen molar-refractivity contribution in [3.05, 3.63) is 100 Å². The molecule has 3 aromatic heterocycles. The Balaban J connectivity index is 1.52. The molecule has 0 aliphatic carbocycles. The molecule has 1 atom stereocenters. The van der Waals surface area contributed by atoms with E-state index in [0.717, 1.165) is 65.9 Å². The standard InChI is InChI=1S/C30H33N7O/c1-4-6-12-25-20-36(27-14-8-7-11-23(27)10-5-2)30(38)37(25)21(3)22-15-17-24(18-16-22)28-26(13-9-19-31-28)29-32-34-35-33-29/h7-9,11,13-21H,4-6,10,12H2,1-3H3,(H,32,33,34,35). The van der Waals surface area contributed by atoms with Gasteiger partial charge in [-0.15, -0.1) is 5.10 Å². The maximum Gasteiger partial charge on any atom is 0.333 e. The van der Waals surface area contributed by atoms with E-state index < -0.39 is 0 Å². The van der Waals surface area contributed by atoms with E-state index in [4.69, 9.17) is 0 Å². The molecule has 0 amide bonds. The highest BCUT2D eigenvalue weighted by atomic mass is 16.1. The molecule has 5 rings (SSSR count). The third-order valence-corrected chi connectivity index (χ3v) is 7.02. The summed E-state index contributed by atoms with van der Waals surface area (Å²) in [7, 11) is 0. The minimum absolute atomic E-state index is 0.000985. The zero-order valence-electron chi connectivity index (χ0n) is 22.1. The summed E-state index contributed by atoms with van der Waals surface area (Å²) >= 11 is 0. The maximum atomic E-state index is 13.9. The van der Waals surface area contributed by atoms with Crippen LogP contribution >= 0.6 is 0 Å². The fourth-order valence-corrected chi connectivity index (χ4v) is 5.03. The Kier molecular flexibility index (Phi) is 7.58. The second kappa shape index (κ2) is 11.4. The van der Waals surface area contributed by atoms with E-state index in [-0.39, 0.29) is 11.7 Å². The number of nitrogens with one attached hydrogen (secondary N) is 1. The van der Waals surface area contributed by atoms with Crippen LogP contribution in [0.15, 0.2) is 77.9 Å². The summed E-state index contributed by atoms with van der Waals surface area (Å²) in [6.45, 7) is 6.44. The molecule has 8 nitrogen and oxygen atoms in total. The van der Waals surface area contributed by atoms with Crippen molar-refractivity contribution < 1.29 is 0 Å². The second-order valence-corrected chi connectivity index (χ2v) is 9.57. The maximum absolute atomic E-state index is 13.9. The molecule has 8 heteroatoms. The Hall–Kier alpha value is -4.33. The number of aromatic nitrogens is 7. The number of hydrogen-bond acceptors (Lipinski definition) is 5. The van der Waals surface area contributed by atoms with Crippen molar-refractivity contribution in [3.63, 3.8) is 0 Å². The average molecular weight is 508 g/mol. The molecule has 0 radical (unpaired) electrons. The molecule has 194 valence electrons. The quantitative estimate of drug-likeness (QED) is 0.258. The summed E-state index contributed by atoms with van der Waals surface area (Å²) in [4.78, 5) is 18.5. The summed E-state index contributed by atoms with van der Waals surface area (Å²) in [5.74, 6) is 0.572. The number of benzene rings is 2. The van der Waals surface area contributed by atoms with Crippen LogP contribution in [0.3, 0.4) is 0 Å². The van der Waals surface area contributed by atoms with Gasteiger partial charge in [0.25, 0.3) is 0 Å². The molecule has 1 unspecified atom stereocenters. The zero-order valence-corrected chi connectivity index (χ0v) is 22.1. The van der Waals surface area contributed by atoms with E-state index in [1.54, 1.807) is 6.20 Å². The van der Waals surface area contributed by atoms with Gasteiger partial charge in [0.15, 0.2) is 5.82 Å². The average Bonchev–Trinajstić information content (AvgIpc) is 3.60. The van der Waals surface area contributed by atoms with Crippen molar-refractivity contribution in [1.29, 1.82) is 0 Å². The first-order chi connectivity index (χ1) is 18.6. The fraction of sp³-hybridized carbons (Fsp3) is 0.300. The normalized spacial score (nSPS) is 12.1. The highest BCUT2D eigenvalue weighted by molar-refractivity contribution is 5.77. The largest absolute Gasteiger partial charge is 0.333 e. The molecule has 3 heterocycles. The van der Waals surface area contributed by atoms with Gasteiger partial charge in [-0.25, -0.2) is 9.89 Å². The van der Waals surface area contributed by atoms with Gasteiger partial charge in [0, 0.05) is 29.2 Å². The van der Waals surface area contributed by atoms with Gasteiger partial charge >= 0.3 is 5.69 Å². The molecule has 0 spiro atoms. The number of nitrogens with zero attached hydrogens (tertiary/aromatic N) is 6. The van der Waals surface area contributed by atoms with Gasteiger partial charge in [-0.1, -0.05) is 69.2 Å². The van der Waals surface area contributed by atoms with Crippen molar-refractivity contribution in [3.8, 4) is 28.3 Å². The van der Waals surface area contributed by atoms with Gasteiger partial charge < -0.3 is 0 Å². The van der Waals surface area contributed by atoms with Gasteiger partial charge in [0.2, 0.25) is 0 Å². The first-order valence-corrected chi connectivity index (χ1v) is 13.3. The van der Waals surface area contributed by atoms with Crippen LogP contribution in [-0.2, 0) is 12.8 Å². The summed E-state index contributed by atoms with van der Waals surface area (Å²) in [6, 6.07) is 20.2. The van der Waals surface area contributed by atoms with Gasteiger partial charge in [0.05, 0.1) is 17.4 Å². The predicted molar refractivity (Wildman–Crippen MR) is 149 cm³/mol. The Bertz CT molecular complexity index is 1550. The molecule has 0 fully saturated rings. The lowest BCUT2D eigenvalue weighted by molar-refractivity contribution is 0.574. The van der Waals surface area contributed by atoms with Crippen molar-refractivity contribution in [1.82, 2.24) is 34.7 Å². The van der Waals surface area contributed by atoms with Crippen molar-refractivity contribution >= 4 is 0 Å². The fourth-order valence-electron chi connectivity index (χ4n) is 5.03. The molecular weight excluding hydrogens is 474 g/mol. The number of H-pyrrole nitrogens is 1. The van der Waals surface area contributed by atoms with E-state index in [9.17, 15) is 4.79 Å². The van der Waals surface area contributed by atoms with Gasteiger partial charge in [-0.3, -0.25) is 14.1 Å². The molecule has 0 aliphatic rings. The number of pyridine rings is 1. The molecule has 2 aromatic carbocycles. The first kappa shape index (κ1) is 25.3. The number of unbranched alkanes of at least 4 members (excludes halogenated alkanes) is 1. The van der Waals surface area contributed by atoms with E-state index in [1.807, 2.05) is 57.8 Å². The number of aryl methyl sites for hydroxylation is 2. The molecule has 1 N–H and O–H groups in total. The van der Waals surface area contributed by atoms with Crippen LogP contribution in [0.1, 0.15) is 62.9 Å². The lowest BCUT2D eigenvalue weighted by atomic mass is 10.0. The van der Waals surface area contributed by atoms with Crippen LogP contribution in [0.25, 0.3) is 28.3 Å². The van der Waals surface area contributed by atoms with Crippen LogP contribution in [0.4, 0.5) is 0 Å². The van der Waals surface area contributed by atoms with Crippen LogP contribution in [0.2, 0.25) is 0 Å². The Morgan fingerprint density at radius 3 is 2.50 bits per heavy atom. The number of para-hydroxylation sites is 1. The number of imidazole rings is 1. The number of tetrazole rings is 1. The number of hydrogen-bond donors (Lipinski definition) is 1. The van der Waals surface area contributed by atoms with Crippen LogP contribution in [0, 0.1) is 0 Å². The molecular formula is C30H33N7O. The lowest BCUT2D eigenvalue weighted by Crippen LogP contribution is -2.27. The first-order valence-electron chi connectivity index (χ1n) is 13.3. The number of rotatable bonds is 10. The summed E-state index contributed by atoms with van der Waals surface area (Å²) < 4.78 is 3.80. The Labute approximate surface area is 222 Å². The van der Waals surface area contributed by atoms with Crippen molar-refractivity contribution in [2.45, 2.75) is 58.9 Å². The van der Waals surface area contributed by atoms with Crippen LogP contribution in [0.5, 0.6) is 0 Å². The van der Waals surface area contributed by atoms with E-state index in [2.05, 4.69) is 64.6 Å². The molecule has 38 heavy (non-hydrogen) atoms. The molecule has 0 bridgehead atoms. The van der Waals surface area contributed by atoms with Crippen molar-refractivity contribution in [2.24, 2.45) is 0 Å². The summed E-state index contributed by atoms with van der Waals surface area (Å²) in [5.41, 5.74) is 6.88. The third kappa shape index (κ3) is 4.94. The van der Waals surface area contributed by atoms with E-state index >= 15 is 0 Å². The summed E-state index contributed by atoms with van der Waals surface area (Å²) in [5, 5.41) is 14.3. The monoisotopic (exact) mass is 507 g/mol. The zero-order chi connectivity index (χ0) is 26.5.